The summed E-state index contributed by atoms with van der Waals surface area (Å²) in [4.78, 5) is 2.43. The summed E-state index contributed by atoms with van der Waals surface area (Å²) in [6.07, 6.45) is 0.584. The Kier molecular flexibility index (Phi) is 6.68. The van der Waals surface area contributed by atoms with Gasteiger partial charge in [0.1, 0.15) is 5.75 Å². The van der Waals surface area contributed by atoms with Crippen LogP contribution in [0.3, 0.4) is 0 Å². The predicted octanol–water partition coefficient (Wildman–Crippen LogP) is 2.36. The number of nitrogens with zero attached hydrogens (tertiary/aromatic N) is 1. The van der Waals surface area contributed by atoms with Gasteiger partial charge in [-0.3, -0.25) is 0 Å². The number of aliphatic hydroxyl groups is 1. The number of hydrogen-bond donors (Lipinski definition) is 2. The van der Waals surface area contributed by atoms with Crippen molar-refractivity contribution in [3.05, 3.63) is 29.3 Å². The van der Waals surface area contributed by atoms with Crippen LogP contribution >= 0.6 is 0 Å². The number of piperazine rings is 1. The summed E-state index contributed by atoms with van der Waals surface area (Å²) in [5.41, 5.74) is 2.12. The Morgan fingerprint density at radius 2 is 2.05 bits per heavy atom. The molecule has 124 valence electrons. The first kappa shape index (κ1) is 17.3. The van der Waals surface area contributed by atoms with Gasteiger partial charge in [0.15, 0.2) is 0 Å². The number of hydrogen-bond acceptors (Lipinski definition) is 4. The van der Waals surface area contributed by atoms with E-state index in [1.54, 1.807) is 0 Å². The van der Waals surface area contributed by atoms with Gasteiger partial charge in [-0.05, 0) is 42.5 Å². The molecule has 2 rings (SSSR count). The van der Waals surface area contributed by atoms with Gasteiger partial charge in [0, 0.05) is 32.7 Å². The lowest BCUT2D eigenvalue weighted by molar-refractivity contribution is 0.0837. The zero-order chi connectivity index (χ0) is 15.9. The second-order valence-corrected chi connectivity index (χ2v) is 6.34. The van der Waals surface area contributed by atoms with E-state index >= 15 is 0 Å². The van der Waals surface area contributed by atoms with Gasteiger partial charge in [0.25, 0.3) is 0 Å². The molecule has 1 aromatic carbocycles. The van der Waals surface area contributed by atoms with E-state index in [0.29, 0.717) is 0 Å². The number of aryl methyl sites for hydroxylation is 1. The summed E-state index contributed by atoms with van der Waals surface area (Å²) >= 11 is 0. The molecule has 0 bridgehead atoms. The molecule has 4 heteroatoms. The summed E-state index contributed by atoms with van der Waals surface area (Å²) in [5.74, 6) is 1.12. The highest BCUT2D eigenvalue weighted by atomic mass is 16.5. The molecule has 0 radical (unpaired) electrons. The van der Waals surface area contributed by atoms with E-state index in [2.05, 4.69) is 31.0 Å². The maximum absolute atomic E-state index is 10.7. The van der Waals surface area contributed by atoms with Gasteiger partial charge in [-0.2, -0.15) is 0 Å². The molecule has 0 spiro atoms. The van der Waals surface area contributed by atoms with Gasteiger partial charge >= 0.3 is 0 Å². The molecule has 0 saturated carbocycles. The lowest BCUT2D eigenvalue weighted by Gasteiger charge is -2.31. The molecule has 2 N–H and O–H groups in total. The fourth-order valence-corrected chi connectivity index (χ4v) is 3.00. The Bertz CT molecular complexity index is 458. The lowest BCUT2D eigenvalue weighted by Crippen LogP contribution is -2.45. The molecule has 1 aliphatic heterocycles. The van der Waals surface area contributed by atoms with Crippen molar-refractivity contribution in [2.45, 2.75) is 33.3 Å². The van der Waals surface area contributed by atoms with E-state index in [-0.39, 0.29) is 5.92 Å². The van der Waals surface area contributed by atoms with Crippen molar-refractivity contribution in [3.8, 4) is 5.75 Å². The molecule has 2 unspecified atom stereocenters. The molecule has 0 aliphatic carbocycles. The second-order valence-electron chi connectivity index (χ2n) is 6.34. The Balaban J connectivity index is 1.96. The largest absolute Gasteiger partial charge is 0.494 e. The Morgan fingerprint density at radius 3 is 2.68 bits per heavy atom. The Hall–Kier alpha value is -1.10. The van der Waals surface area contributed by atoms with E-state index < -0.39 is 6.10 Å². The number of ether oxygens (including phenoxy) is 1. The predicted molar refractivity (Wildman–Crippen MR) is 90.4 cm³/mol. The van der Waals surface area contributed by atoms with Crippen molar-refractivity contribution >= 4 is 0 Å². The van der Waals surface area contributed by atoms with Crippen molar-refractivity contribution in [3.63, 3.8) is 0 Å². The van der Waals surface area contributed by atoms with Crippen LogP contribution in [0.1, 0.15) is 37.5 Å². The van der Waals surface area contributed by atoms with Crippen LogP contribution in [-0.2, 0) is 0 Å². The highest BCUT2D eigenvalue weighted by molar-refractivity contribution is 5.36. The van der Waals surface area contributed by atoms with Gasteiger partial charge in [0.05, 0.1) is 12.7 Å². The van der Waals surface area contributed by atoms with Crippen molar-refractivity contribution in [2.24, 2.45) is 5.92 Å². The average molecular weight is 306 g/mol. The minimum absolute atomic E-state index is 0.221. The van der Waals surface area contributed by atoms with Crippen LogP contribution in [0.5, 0.6) is 5.75 Å². The zero-order valence-corrected chi connectivity index (χ0v) is 14.1. The van der Waals surface area contributed by atoms with Crippen molar-refractivity contribution in [1.82, 2.24) is 10.2 Å². The van der Waals surface area contributed by atoms with Crippen molar-refractivity contribution < 1.29 is 9.84 Å². The average Bonchev–Trinajstić information content (AvgIpc) is 2.53. The van der Waals surface area contributed by atoms with Gasteiger partial charge in [-0.15, -0.1) is 0 Å². The fourth-order valence-electron chi connectivity index (χ4n) is 3.00. The first-order chi connectivity index (χ1) is 10.6. The number of nitrogens with one attached hydrogen (secondary N) is 1. The number of rotatable bonds is 7. The minimum Gasteiger partial charge on any atom is -0.494 e. The SMILES string of the molecule is CCCOc1ccc(C(O)C(C)CN2CCNCC2)c(C)c1. The molecule has 1 saturated heterocycles. The van der Waals surface area contributed by atoms with E-state index in [0.717, 1.165) is 62.6 Å². The first-order valence-electron chi connectivity index (χ1n) is 8.46. The number of aliphatic hydroxyl groups excluding tert-OH is 1. The van der Waals surface area contributed by atoms with Crippen LogP contribution in [0.4, 0.5) is 0 Å². The molecule has 2 atom stereocenters. The molecule has 4 nitrogen and oxygen atoms in total. The van der Waals surface area contributed by atoms with E-state index in [1.807, 2.05) is 18.2 Å². The third-order valence-corrected chi connectivity index (χ3v) is 4.33. The maximum atomic E-state index is 10.7. The topological polar surface area (TPSA) is 44.7 Å². The normalized spacial score (nSPS) is 18.9. The van der Waals surface area contributed by atoms with Crippen LogP contribution in [0.2, 0.25) is 0 Å². The minimum atomic E-state index is -0.421. The monoisotopic (exact) mass is 306 g/mol. The summed E-state index contributed by atoms with van der Waals surface area (Å²) < 4.78 is 5.66. The molecular formula is C18H30N2O2. The quantitative estimate of drug-likeness (QED) is 0.812. The highest BCUT2D eigenvalue weighted by Gasteiger charge is 2.22. The summed E-state index contributed by atoms with van der Waals surface area (Å²) in [5, 5.41) is 14.0. The lowest BCUT2D eigenvalue weighted by atomic mass is 9.93. The third-order valence-electron chi connectivity index (χ3n) is 4.33. The molecule has 1 fully saturated rings. The number of benzene rings is 1. The summed E-state index contributed by atoms with van der Waals surface area (Å²) in [6.45, 7) is 12.2. The van der Waals surface area contributed by atoms with Gasteiger partial charge in [-0.1, -0.05) is 19.9 Å². The molecule has 0 aromatic heterocycles. The second kappa shape index (κ2) is 8.51. The highest BCUT2D eigenvalue weighted by Crippen LogP contribution is 2.28. The van der Waals surface area contributed by atoms with E-state index in [1.165, 1.54) is 0 Å². The maximum Gasteiger partial charge on any atom is 0.119 e. The van der Waals surface area contributed by atoms with Gasteiger partial charge < -0.3 is 20.1 Å². The standard InChI is InChI=1S/C18H30N2O2/c1-4-11-22-16-5-6-17(14(2)12-16)18(21)15(3)13-20-9-7-19-8-10-20/h5-6,12,15,18-19,21H,4,7-11,13H2,1-3H3. The molecule has 1 aromatic rings. The molecule has 0 amide bonds. The van der Waals surface area contributed by atoms with E-state index in [4.69, 9.17) is 4.74 Å². The molecule has 22 heavy (non-hydrogen) atoms. The summed E-state index contributed by atoms with van der Waals surface area (Å²) in [7, 11) is 0. The van der Waals surface area contributed by atoms with Crippen LogP contribution in [0.15, 0.2) is 18.2 Å². The van der Waals surface area contributed by atoms with Crippen molar-refractivity contribution in [2.75, 3.05) is 39.3 Å². The van der Waals surface area contributed by atoms with Crippen molar-refractivity contribution in [1.29, 1.82) is 0 Å². The molecule has 1 aliphatic rings. The zero-order valence-electron chi connectivity index (χ0n) is 14.1. The Labute approximate surface area is 134 Å². The van der Waals surface area contributed by atoms with Crippen LogP contribution in [-0.4, -0.2) is 49.3 Å². The van der Waals surface area contributed by atoms with Gasteiger partial charge in [0.2, 0.25) is 0 Å². The smallest absolute Gasteiger partial charge is 0.119 e. The third kappa shape index (κ3) is 4.70. The van der Waals surface area contributed by atoms with Crippen LogP contribution in [0.25, 0.3) is 0 Å². The molecule has 1 heterocycles. The summed E-state index contributed by atoms with van der Waals surface area (Å²) in [6, 6.07) is 6.02. The molecular weight excluding hydrogens is 276 g/mol. The Morgan fingerprint density at radius 1 is 1.32 bits per heavy atom. The first-order valence-corrected chi connectivity index (χ1v) is 8.46. The van der Waals surface area contributed by atoms with Crippen LogP contribution < -0.4 is 10.1 Å². The fraction of sp³-hybridized carbons (Fsp3) is 0.667. The van der Waals surface area contributed by atoms with Crippen LogP contribution in [0, 0.1) is 12.8 Å². The van der Waals surface area contributed by atoms with E-state index in [9.17, 15) is 5.11 Å². The van der Waals surface area contributed by atoms with Gasteiger partial charge in [-0.25, -0.2) is 0 Å².